The minimum atomic E-state index is -0.770. The van der Waals surface area contributed by atoms with Gasteiger partial charge in [-0.3, -0.25) is 0 Å². The van der Waals surface area contributed by atoms with Gasteiger partial charge >= 0.3 is 11.9 Å². The molecule has 2 rings (SSSR count). The molecule has 0 aromatic heterocycles. The minimum absolute atomic E-state index is 0.0641. The van der Waals surface area contributed by atoms with E-state index in [1.807, 2.05) is 13.0 Å². The Labute approximate surface area is 158 Å². The van der Waals surface area contributed by atoms with Gasteiger partial charge in [-0.1, -0.05) is 18.2 Å². The van der Waals surface area contributed by atoms with Crippen LogP contribution < -0.4 is 0 Å². The topological polar surface area (TPSA) is 113 Å². The Kier molecular flexibility index (Phi) is 7.12. The molecular weight excluding hydrogens is 352 g/mol. The predicted molar refractivity (Wildman–Crippen MR) is 97.4 cm³/mol. The van der Waals surface area contributed by atoms with Gasteiger partial charge in [0.05, 0.1) is 30.8 Å². The second-order valence-electron chi connectivity index (χ2n) is 6.85. The smallest absolute Gasteiger partial charge is 0.336 e. The molecule has 0 amide bonds. The number of fused-ring (bicyclic) bond motifs is 1. The van der Waals surface area contributed by atoms with Crippen LogP contribution in [0.5, 0.6) is 0 Å². The van der Waals surface area contributed by atoms with E-state index in [1.54, 1.807) is 13.0 Å². The van der Waals surface area contributed by atoms with Crippen molar-refractivity contribution >= 4 is 11.9 Å². The molecule has 1 fully saturated rings. The fourth-order valence-corrected chi connectivity index (χ4v) is 3.23. The van der Waals surface area contributed by atoms with Crippen molar-refractivity contribution in [2.75, 3.05) is 13.2 Å². The standard InChI is InChI=1S/C20H26O7/c1-11-4-5-15(23)12(2)9-17-18(13(3)19(24)26-17)16(8-11)27-20(25)14(10-22)6-7-21/h4,6,9,15-18,21-23H,3,5,7-8,10H2,1-2H3/b11-4+,12-9-,14-6+/t15-,16-,17+,18-/m1/s1. The van der Waals surface area contributed by atoms with Gasteiger partial charge in [0.2, 0.25) is 0 Å². The average molecular weight is 378 g/mol. The molecule has 1 aliphatic carbocycles. The Balaban J connectivity index is 2.40. The maximum Gasteiger partial charge on any atom is 0.336 e. The van der Waals surface area contributed by atoms with Crippen LogP contribution in [0.1, 0.15) is 26.7 Å². The van der Waals surface area contributed by atoms with E-state index in [-0.39, 0.29) is 11.1 Å². The second kappa shape index (κ2) is 9.12. The monoisotopic (exact) mass is 378 g/mol. The van der Waals surface area contributed by atoms with Gasteiger partial charge in [-0.05, 0) is 38.0 Å². The number of aliphatic hydroxyl groups excluding tert-OH is 3. The van der Waals surface area contributed by atoms with Gasteiger partial charge in [-0.25, -0.2) is 9.59 Å². The van der Waals surface area contributed by atoms with E-state index in [9.17, 15) is 19.8 Å². The lowest BCUT2D eigenvalue weighted by molar-refractivity contribution is -0.147. The molecule has 27 heavy (non-hydrogen) atoms. The van der Waals surface area contributed by atoms with Crippen molar-refractivity contribution in [2.45, 2.75) is 45.0 Å². The van der Waals surface area contributed by atoms with Crippen LogP contribution in [0.3, 0.4) is 0 Å². The Hall–Kier alpha value is -2.22. The Bertz CT molecular complexity index is 701. The summed E-state index contributed by atoms with van der Waals surface area (Å²) in [5, 5.41) is 28.5. The lowest BCUT2D eigenvalue weighted by atomic mass is 9.85. The minimum Gasteiger partial charge on any atom is -0.458 e. The Morgan fingerprint density at radius 1 is 1.41 bits per heavy atom. The van der Waals surface area contributed by atoms with Gasteiger partial charge in [0.25, 0.3) is 0 Å². The second-order valence-corrected chi connectivity index (χ2v) is 6.85. The highest BCUT2D eigenvalue weighted by Crippen LogP contribution is 2.36. The highest BCUT2D eigenvalue weighted by atomic mass is 16.6. The molecule has 1 heterocycles. The molecule has 3 N–H and O–H groups in total. The Morgan fingerprint density at radius 3 is 2.74 bits per heavy atom. The van der Waals surface area contributed by atoms with Crippen molar-refractivity contribution in [2.24, 2.45) is 5.92 Å². The van der Waals surface area contributed by atoms with E-state index < -0.39 is 49.4 Å². The predicted octanol–water partition coefficient (Wildman–Crippen LogP) is 0.954. The van der Waals surface area contributed by atoms with Gasteiger partial charge in [0, 0.05) is 12.0 Å². The number of ether oxygens (including phenoxy) is 2. The average Bonchev–Trinajstić information content (AvgIpc) is 2.89. The van der Waals surface area contributed by atoms with Crippen molar-refractivity contribution < 1.29 is 34.4 Å². The molecular formula is C20H26O7. The summed E-state index contributed by atoms with van der Waals surface area (Å²) in [6, 6.07) is 0. The summed E-state index contributed by atoms with van der Waals surface area (Å²) < 4.78 is 11.0. The molecule has 148 valence electrons. The molecule has 0 spiro atoms. The van der Waals surface area contributed by atoms with E-state index >= 15 is 0 Å². The molecule has 0 aromatic rings. The molecule has 2 aliphatic rings. The molecule has 7 heteroatoms. The number of carbonyl (C=O) groups is 2. The lowest BCUT2D eigenvalue weighted by Crippen LogP contribution is -2.34. The van der Waals surface area contributed by atoms with E-state index in [2.05, 4.69) is 6.58 Å². The quantitative estimate of drug-likeness (QED) is 0.379. The summed E-state index contributed by atoms with van der Waals surface area (Å²) in [5.41, 5.74) is 1.66. The number of carbonyl (C=O) groups excluding carboxylic acids is 2. The number of aliphatic hydroxyl groups is 3. The normalized spacial score (nSPS) is 33.3. The first-order chi connectivity index (χ1) is 12.8. The zero-order valence-corrected chi connectivity index (χ0v) is 15.6. The first-order valence-corrected chi connectivity index (χ1v) is 8.82. The fourth-order valence-electron chi connectivity index (χ4n) is 3.23. The molecule has 0 saturated carbocycles. The van der Waals surface area contributed by atoms with Crippen LogP contribution in [-0.2, 0) is 19.1 Å². The summed E-state index contributed by atoms with van der Waals surface area (Å²) in [6.07, 6.45) is 3.27. The summed E-state index contributed by atoms with van der Waals surface area (Å²) in [4.78, 5) is 24.5. The van der Waals surface area contributed by atoms with E-state index in [0.717, 1.165) is 5.57 Å². The first-order valence-electron chi connectivity index (χ1n) is 8.82. The molecule has 0 aromatic carbocycles. The molecule has 1 aliphatic heterocycles. The van der Waals surface area contributed by atoms with Gasteiger partial charge in [0.15, 0.2) is 0 Å². The van der Waals surface area contributed by atoms with Gasteiger partial charge < -0.3 is 24.8 Å². The summed E-state index contributed by atoms with van der Waals surface area (Å²) in [5.74, 6) is -1.95. The van der Waals surface area contributed by atoms with Crippen molar-refractivity contribution in [3.05, 3.63) is 47.1 Å². The number of hydrogen-bond acceptors (Lipinski definition) is 7. The van der Waals surface area contributed by atoms with E-state index in [4.69, 9.17) is 14.6 Å². The van der Waals surface area contributed by atoms with Crippen LogP contribution in [0.2, 0.25) is 0 Å². The van der Waals surface area contributed by atoms with Crippen LogP contribution in [0.15, 0.2) is 47.1 Å². The zero-order valence-electron chi connectivity index (χ0n) is 15.6. The maximum absolute atomic E-state index is 12.4. The fraction of sp³-hybridized carbons (Fsp3) is 0.500. The van der Waals surface area contributed by atoms with Gasteiger partial charge in [0.1, 0.15) is 12.2 Å². The van der Waals surface area contributed by atoms with E-state index in [0.29, 0.717) is 18.4 Å². The SMILES string of the molecule is C=C1C(=O)O[C@H]2/C=C(/C)[C@H](O)C/C=C(\C)C[C@@H](OC(=O)/C(=C/CO)CO)[C@@H]12. The maximum atomic E-state index is 12.4. The molecule has 1 saturated heterocycles. The summed E-state index contributed by atoms with van der Waals surface area (Å²) in [7, 11) is 0. The van der Waals surface area contributed by atoms with Crippen LogP contribution >= 0.6 is 0 Å². The molecule has 0 unspecified atom stereocenters. The van der Waals surface area contributed by atoms with Crippen molar-refractivity contribution in [1.82, 2.24) is 0 Å². The van der Waals surface area contributed by atoms with E-state index in [1.165, 1.54) is 6.08 Å². The van der Waals surface area contributed by atoms with Crippen molar-refractivity contribution in [3.63, 3.8) is 0 Å². The van der Waals surface area contributed by atoms with Gasteiger partial charge in [-0.2, -0.15) is 0 Å². The van der Waals surface area contributed by atoms with Crippen molar-refractivity contribution in [3.8, 4) is 0 Å². The van der Waals surface area contributed by atoms with Crippen LogP contribution in [0, 0.1) is 5.92 Å². The Morgan fingerprint density at radius 2 is 2.11 bits per heavy atom. The molecule has 0 bridgehead atoms. The lowest BCUT2D eigenvalue weighted by Gasteiger charge is -2.28. The zero-order chi connectivity index (χ0) is 20.1. The third-order valence-corrected chi connectivity index (χ3v) is 4.86. The first kappa shape index (κ1) is 21.1. The van der Waals surface area contributed by atoms with Crippen molar-refractivity contribution in [1.29, 1.82) is 0 Å². The third-order valence-electron chi connectivity index (χ3n) is 4.86. The molecule has 7 nitrogen and oxygen atoms in total. The largest absolute Gasteiger partial charge is 0.458 e. The number of esters is 2. The molecule has 4 atom stereocenters. The highest BCUT2D eigenvalue weighted by molar-refractivity contribution is 5.92. The highest BCUT2D eigenvalue weighted by Gasteiger charge is 2.44. The van der Waals surface area contributed by atoms with Crippen LogP contribution in [-0.4, -0.2) is 58.8 Å². The number of hydrogen-bond donors (Lipinski definition) is 3. The summed E-state index contributed by atoms with van der Waals surface area (Å²) >= 11 is 0. The van der Waals surface area contributed by atoms with Crippen LogP contribution in [0.25, 0.3) is 0 Å². The van der Waals surface area contributed by atoms with Crippen LogP contribution in [0.4, 0.5) is 0 Å². The number of rotatable bonds is 4. The molecule has 0 radical (unpaired) electrons. The van der Waals surface area contributed by atoms with Gasteiger partial charge in [-0.15, -0.1) is 0 Å². The summed E-state index contributed by atoms with van der Waals surface area (Å²) in [6.45, 7) is 6.41. The third kappa shape index (κ3) is 4.94.